The van der Waals surface area contributed by atoms with E-state index in [9.17, 15) is 4.79 Å². The standard InChI is InChI=1S/C9H15NO/c1-2-9-4-3-7(5-9)8(11)10-6-9/h7H,2-6H2,1H3,(H,10,11). The van der Waals surface area contributed by atoms with Crippen molar-refractivity contribution in [1.82, 2.24) is 5.32 Å². The van der Waals surface area contributed by atoms with Crippen LogP contribution in [0.2, 0.25) is 0 Å². The maximum atomic E-state index is 11.2. The van der Waals surface area contributed by atoms with Crippen LogP contribution in [-0.2, 0) is 4.79 Å². The maximum Gasteiger partial charge on any atom is 0.223 e. The highest BCUT2D eigenvalue weighted by molar-refractivity contribution is 5.80. The summed E-state index contributed by atoms with van der Waals surface area (Å²) in [4.78, 5) is 11.2. The second kappa shape index (κ2) is 2.23. The van der Waals surface area contributed by atoms with Crippen LogP contribution >= 0.6 is 0 Å². The number of hydrogen-bond acceptors (Lipinski definition) is 1. The van der Waals surface area contributed by atoms with Crippen LogP contribution < -0.4 is 5.32 Å². The van der Waals surface area contributed by atoms with E-state index >= 15 is 0 Å². The number of carbonyl (C=O) groups is 1. The molecule has 1 aliphatic heterocycles. The summed E-state index contributed by atoms with van der Waals surface area (Å²) in [7, 11) is 0. The molecule has 1 aliphatic carbocycles. The summed E-state index contributed by atoms with van der Waals surface area (Å²) in [6.07, 6.45) is 4.76. The lowest BCUT2D eigenvalue weighted by Gasteiger charge is -2.31. The summed E-state index contributed by atoms with van der Waals surface area (Å²) >= 11 is 0. The zero-order valence-corrected chi connectivity index (χ0v) is 7.02. The van der Waals surface area contributed by atoms with Gasteiger partial charge in [0.1, 0.15) is 0 Å². The molecule has 1 amide bonds. The van der Waals surface area contributed by atoms with E-state index in [-0.39, 0.29) is 0 Å². The number of hydrogen-bond donors (Lipinski definition) is 1. The van der Waals surface area contributed by atoms with Crippen molar-refractivity contribution in [2.45, 2.75) is 32.6 Å². The highest BCUT2D eigenvalue weighted by Gasteiger charge is 2.44. The Labute approximate surface area is 67.4 Å². The zero-order chi connectivity index (χ0) is 7.90. The molecule has 2 fully saturated rings. The lowest BCUT2D eigenvalue weighted by molar-refractivity contribution is -0.127. The molecule has 11 heavy (non-hydrogen) atoms. The van der Waals surface area contributed by atoms with E-state index in [4.69, 9.17) is 0 Å². The fraction of sp³-hybridized carbons (Fsp3) is 0.889. The van der Waals surface area contributed by atoms with Crippen LogP contribution in [0.1, 0.15) is 32.6 Å². The van der Waals surface area contributed by atoms with Gasteiger partial charge >= 0.3 is 0 Å². The average Bonchev–Trinajstić information content (AvgIpc) is 2.40. The Morgan fingerprint density at radius 3 is 3.27 bits per heavy atom. The van der Waals surface area contributed by atoms with E-state index in [1.54, 1.807) is 0 Å². The van der Waals surface area contributed by atoms with Crippen LogP contribution in [0.3, 0.4) is 0 Å². The molecular formula is C9H15NO. The van der Waals surface area contributed by atoms with Crippen LogP contribution in [0.4, 0.5) is 0 Å². The fourth-order valence-electron chi connectivity index (χ4n) is 2.46. The lowest BCUT2D eigenvalue weighted by atomic mass is 9.80. The zero-order valence-electron chi connectivity index (χ0n) is 7.02. The van der Waals surface area contributed by atoms with Crippen molar-refractivity contribution in [3.05, 3.63) is 0 Å². The predicted molar refractivity (Wildman–Crippen MR) is 43.1 cm³/mol. The minimum absolute atomic E-state index is 0.298. The molecule has 2 nitrogen and oxygen atoms in total. The van der Waals surface area contributed by atoms with Crippen molar-refractivity contribution in [3.8, 4) is 0 Å². The van der Waals surface area contributed by atoms with E-state index in [1.807, 2.05) is 0 Å². The maximum absolute atomic E-state index is 11.2. The summed E-state index contributed by atoms with van der Waals surface area (Å²) in [6.45, 7) is 3.17. The van der Waals surface area contributed by atoms with Crippen molar-refractivity contribution >= 4 is 5.91 Å². The highest BCUT2D eigenvalue weighted by atomic mass is 16.2. The van der Waals surface area contributed by atoms with Crippen molar-refractivity contribution < 1.29 is 4.79 Å². The largest absolute Gasteiger partial charge is 0.355 e. The molecular weight excluding hydrogens is 138 g/mol. The van der Waals surface area contributed by atoms with Gasteiger partial charge in [-0.25, -0.2) is 0 Å². The summed E-state index contributed by atoms with van der Waals surface area (Å²) < 4.78 is 0. The summed E-state index contributed by atoms with van der Waals surface area (Å²) in [6, 6.07) is 0. The molecule has 0 spiro atoms. The number of amides is 1. The third kappa shape index (κ3) is 0.959. The van der Waals surface area contributed by atoms with Crippen LogP contribution in [0, 0.1) is 11.3 Å². The second-order valence-electron chi connectivity index (χ2n) is 4.01. The van der Waals surface area contributed by atoms with Gasteiger partial charge in [0.25, 0.3) is 0 Å². The molecule has 2 atom stereocenters. The molecule has 2 aliphatic rings. The number of nitrogens with one attached hydrogen (secondary N) is 1. The Balaban J connectivity index is 2.16. The normalized spacial score (nSPS) is 42.3. The molecule has 0 aromatic carbocycles. The van der Waals surface area contributed by atoms with Gasteiger partial charge in [-0.2, -0.15) is 0 Å². The fourth-order valence-corrected chi connectivity index (χ4v) is 2.46. The molecule has 62 valence electrons. The van der Waals surface area contributed by atoms with Gasteiger partial charge in [0, 0.05) is 12.5 Å². The number of rotatable bonds is 1. The van der Waals surface area contributed by atoms with Gasteiger partial charge in [-0.1, -0.05) is 6.92 Å². The Hall–Kier alpha value is -0.530. The monoisotopic (exact) mass is 153 g/mol. The molecule has 2 bridgehead atoms. The van der Waals surface area contributed by atoms with Gasteiger partial charge in [-0.15, -0.1) is 0 Å². The van der Waals surface area contributed by atoms with E-state index in [2.05, 4.69) is 12.2 Å². The molecule has 1 saturated carbocycles. The van der Waals surface area contributed by atoms with Crippen LogP contribution in [-0.4, -0.2) is 12.5 Å². The van der Waals surface area contributed by atoms with Crippen LogP contribution in [0.15, 0.2) is 0 Å². The third-order valence-corrected chi connectivity index (χ3v) is 3.46. The lowest BCUT2D eigenvalue weighted by Crippen LogP contribution is -2.42. The summed E-state index contributed by atoms with van der Waals surface area (Å²) in [5.74, 6) is 0.648. The third-order valence-electron chi connectivity index (χ3n) is 3.46. The molecule has 1 heterocycles. The molecule has 2 unspecified atom stereocenters. The molecule has 2 heteroatoms. The van der Waals surface area contributed by atoms with Crippen molar-refractivity contribution in [2.24, 2.45) is 11.3 Å². The highest BCUT2D eigenvalue weighted by Crippen LogP contribution is 2.46. The number of fused-ring (bicyclic) bond motifs is 2. The first-order valence-corrected chi connectivity index (χ1v) is 4.53. The minimum atomic E-state index is 0.298. The van der Waals surface area contributed by atoms with Gasteiger partial charge in [-0.3, -0.25) is 4.79 Å². The van der Waals surface area contributed by atoms with Crippen molar-refractivity contribution in [1.29, 1.82) is 0 Å². The Kier molecular flexibility index (Phi) is 1.44. The summed E-state index contributed by atoms with van der Waals surface area (Å²) in [5.41, 5.74) is 0.485. The van der Waals surface area contributed by atoms with E-state index in [0.717, 1.165) is 19.4 Å². The quantitative estimate of drug-likeness (QED) is 0.604. The first kappa shape index (κ1) is 7.14. The molecule has 1 N–H and O–H groups in total. The SMILES string of the molecule is CCC12CCC(C1)C(=O)NC2. The smallest absolute Gasteiger partial charge is 0.223 e. The van der Waals surface area contributed by atoms with Gasteiger partial charge in [0.2, 0.25) is 5.91 Å². The Morgan fingerprint density at radius 2 is 2.55 bits per heavy atom. The first-order valence-electron chi connectivity index (χ1n) is 4.53. The average molecular weight is 153 g/mol. The van der Waals surface area contributed by atoms with Crippen molar-refractivity contribution in [3.63, 3.8) is 0 Å². The molecule has 0 aromatic rings. The predicted octanol–water partition coefficient (Wildman–Crippen LogP) is 1.31. The Morgan fingerprint density at radius 1 is 1.73 bits per heavy atom. The first-order chi connectivity index (χ1) is 5.26. The topological polar surface area (TPSA) is 29.1 Å². The van der Waals surface area contributed by atoms with E-state index < -0.39 is 0 Å². The van der Waals surface area contributed by atoms with Gasteiger partial charge in [-0.05, 0) is 31.1 Å². The molecule has 1 saturated heterocycles. The van der Waals surface area contributed by atoms with E-state index in [0.29, 0.717) is 17.2 Å². The molecule has 0 radical (unpaired) electrons. The number of piperidine rings is 1. The molecule has 0 aromatic heterocycles. The second-order valence-corrected chi connectivity index (χ2v) is 4.01. The summed E-state index contributed by atoms with van der Waals surface area (Å²) in [5, 5.41) is 3.00. The van der Waals surface area contributed by atoms with E-state index in [1.165, 1.54) is 12.8 Å². The number of carbonyl (C=O) groups excluding carboxylic acids is 1. The van der Waals surface area contributed by atoms with Gasteiger partial charge in [0.05, 0.1) is 0 Å². The molecule has 2 rings (SSSR count). The van der Waals surface area contributed by atoms with Crippen molar-refractivity contribution in [2.75, 3.05) is 6.54 Å². The van der Waals surface area contributed by atoms with Crippen LogP contribution in [0.25, 0.3) is 0 Å². The van der Waals surface area contributed by atoms with Gasteiger partial charge in [0.15, 0.2) is 0 Å². The minimum Gasteiger partial charge on any atom is -0.355 e. The Bertz CT molecular complexity index is 190. The van der Waals surface area contributed by atoms with Gasteiger partial charge < -0.3 is 5.32 Å². The van der Waals surface area contributed by atoms with Crippen LogP contribution in [0.5, 0.6) is 0 Å².